The molecule has 3 heterocycles. The summed E-state index contributed by atoms with van der Waals surface area (Å²) in [7, 11) is 0. The van der Waals surface area contributed by atoms with Crippen molar-refractivity contribution < 1.29 is 14.4 Å². The van der Waals surface area contributed by atoms with Crippen molar-refractivity contribution in [2.75, 3.05) is 0 Å². The lowest BCUT2D eigenvalue weighted by Crippen LogP contribution is -2.49. The van der Waals surface area contributed by atoms with E-state index in [4.69, 9.17) is 9.26 Å². The van der Waals surface area contributed by atoms with Crippen molar-refractivity contribution in [1.29, 1.82) is 0 Å². The maximum absolute atomic E-state index is 14.4. The van der Waals surface area contributed by atoms with Gasteiger partial charge in [-0.25, -0.2) is 9.31 Å². The predicted octanol–water partition coefficient (Wildman–Crippen LogP) is 5.25. The van der Waals surface area contributed by atoms with Crippen molar-refractivity contribution in [3.05, 3.63) is 92.6 Å². The van der Waals surface area contributed by atoms with Crippen LogP contribution >= 0.6 is 0 Å². The van der Waals surface area contributed by atoms with Gasteiger partial charge >= 0.3 is 5.76 Å². The van der Waals surface area contributed by atoms with E-state index in [-0.39, 0.29) is 23.8 Å². The summed E-state index contributed by atoms with van der Waals surface area (Å²) in [5.41, 5.74) is 4.59. The van der Waals surface area contributed by atoms with E-state index in [1.54, 1.807) is 0 Å². The van der Waals surface area contributed by atoms with Crippen LogP contribution in [-0.4, -0.2) is 52.2 Å². The SMILES string of the molecule is CCCc1c(Cc2ccc(-c3ccccc3-c3noc(=O)[nH]3)cc2)c(=O)n(C2CCC(OC(C)C3(O)CCC3)CC2)c2ncnn12. The first-order valence-electron chi connectivity index (χ1n) is 16.4. The molecular weight excluding hydrogens is 584 g/mol. The Morgan fingerprint density at radius 2 is 1.80 bits per heavy atom. The summed E-state index contributed by atoms with van der Waals surface area (Å²) in [4.78, 5) is 33.2. The van der Waals surface area contributed by atoms with Crippen molar-refractivity contribution in [2.24, 2.45) is 0 Å². The highest BCUT2D eigenvalue weighted by Crippen LogP contribution is 2.39. The van der Waals surface area contributed by atoms with Gasteiger partial charge in [-0.2, -0.15) is 10.1 Å². The Labute approximate surface area is 266 Å². The summed E-state index contributed by atoms with van der Waals surface area (Å²) in [5, 5.41) is 19.2. The highest BCUT2D eigenvalue weighted by molar-refractivity contribution is 5.80. The molecule has 46 heavy (non-hydrogen) atoms. The van der Waals surface area contributed by atoms with Crippen LogP contribution in [0.15, 0.2) is 69.0 Å². The van der Waals surface area contributed by atoms with Crippen molar-refractivity contribution in [1.82, 2.24) is 29.3 Å². The highest BCUT2D eigenvalue weighted by atomic mass is 16.5. The van der Waals surface area contributed by atoms with Gasteiger partial charge in [0.1, 0.15) is 6.33 Å². The van der Waals surface area contributed by atoms with E-state index < -0.39 is 11.4 Å². The number of aromatic amines is 1. The zero-order valence-electron chi connectivity index (χ0n) is 26.3. The predicted molar refractivity (Wildman–Crippen MR) is 173 cm³/mol. The Balaban J connectivity index is 1.16. The number of aryl methyl sites for hydroxylation is 1. The number of benzene rings is 2. The molecule has 3 aromatic heterocycles. The molecule has 0 spiro atoms. The van der Waals surface area contributed by atoms with E-state index in [1.165, 1.54) is 6.33 Å². The first-order chi connectivity index (χ1) is 22.3. The second-order valence-electron chi connectivity index (χ2n) is 12.9. The largest absolute Gasteiger partial charge is 0.439 e. The molecule has 2 N–H and O–H groups in total. The number of nitrogens with one attached hydrogen (secondary N) is 1. The minimum absolute atomic E-state index is 0.00239. The minimum Gasteiger partial charge on any atom is -0.387 e. The topological polar surface area (TPSA) is 141 Å². The molecule has 5 aromatic rings. The second-order valence-corrected chi connectivity index (χ2v) is 12.9. The van der Waals surface area contributed by atoms with Gasteiger partial charge in [0.25, 0.3) is 5.56 Å². The zero-order valence-corrected chi connectivity index (χ0v) is 26.3. The van der Waals surface area contributed by atoms with Gasteiger partial charge in [-0.15, -0.1) is 0 Å². The van der Waals surface area contributed by atoms with Gasteiger partial charge in [-0.05, 0) is 75.0 Å². The van der Waals surface area contributed by atoms with Crippen LogP contribution in [0, 0.1) is 0 Å². The Bertz CT molecular complexity index is 1940. The fraction of sp³-hybridized carbons (Fsp3) is 0.457. The highest BCUT2D eigenvalue weighted by Gasteiger charge is 2.42. The van der Waals surface area contributed by atoms with Gasteiger partial charge in [-0.1, -0.05) is 67.0 Å². The van der Waals surface area contributed by atoms with Gasteiger partial charge < -0.3 is 9.84 Å². The van der Waals surface area contributed by atoms with Crippen LogP contribution in [0.1, 0.15) is 88.1 Å². The third-order valence-electron chi connectivity index (χ3n) is 9.96. The fourth-order valence-corrected chi connectivity index (χ4v) is 7.17. The van der Waals surface area contributed by atoms with Crippen LogP contribution in [0.3, 0.4) is 0 Å². The number of hydrogen-bond donors (Lipinski definition) is 2. The molecule has 2 aromatic carbocycles. The smallest absolute Gasteiger partial charge is 0.387 e. The minimum atomic E-state index is -0.690. The second kappa shape index (κ2) is 12.4. The number of aliphatic hydroxyl groups is 1. The van der Waals surface area contributed by atoms with Crippen LogP contribution in [-0.2, 0) is 17.6 Å². The lowest BCUT2D eigenvalue weighted by molar-refractivity contribution is -0.167. The summed E-state index contributed by atoms with van der Waals surface area (Å²) < 4.78 is 14.8. The van der Waals surface area contributed by atoms with Crippen molar-refractivity contribution >= 4 is 5.78 Å². The summed E-state index contributed by atoms with van der Waals surface area (Å²) >= 11 is 0. The third kappa shape index (κ3) is 5.62. The molecule has 0 aliphatic heterocycles. The number of rotatable bonds is 10. The molecule has 0 saturated heterocycles. The van der Waals surface area contributed by atoms with Crippen molar-refractivity contribution in [3.63, 3.8) is 0 Å². The van der Waals surface area contributed by atoms with E-state index in [1.807, 2.05) is 64.5 Å². The monoisotopic (exact) mass is 624 g/mol. The molecule has 11 nitrogen and oxygen atoms in total. The van der Waals surface area contributed by atoms with Crippen molar-refractivity contribution in [3.8, 4) is 22.5 Å². The first-order valence-corrected chi connectivity index (χ1v) is 16.4. The Hall–Kier alpha value is -4.35. The molecule has 11 heteroatoms. The molecule has 240 valence electrons. The molecule has 7 rings (SSSR count). The third-order valence-corrected chi connectivity index (χ3v) is 9.96. The maximum atomic E-state index is 14.4. The van der Waals surface area contributed by atoms with E-state index >= 15 is 0 Å². The average Bonchev–Trinajstić information content (AvgIpc) is 3.72. The molecular formula is C35H40N6O5. The lowest BCUT2D eigenvalue weighted by Gasteiger charge is -2.43. The summed E-state index contributed by atoms with van der Waals surface area (Å²) in [5.74, 6) is 0.371. The Kier molecular flexibility index (Phi) is 8.20. The molecule has 0 radical (unpaired) electrons. The van der Waals surface area contributed by atoms with Crippen LogP contribution in [0.4, 0.5) is 0 Å². The van der Waals surface area contributed by atoms with Gasteiger partial charge in [0.05, 0.1) is 23.5 Å². The average molecular weight is 625 g/mol. The van der Waals surface area contributed by atoms with Gasteiger partial charge in [0.15, 0.2) is 5.82 Å². The molecule has 1 unspecified atom stereocenters. The number of fused-ring (bicyclic) bond motifs is 1. The zero-order chi connectivity index (χ0) is 31.8. The standard InChI is InChI=1S/C35H40N6O5/c1-3-7-30-29(20-23-10-12-24(13-11-23)27-8-4-5-9-28(27)31-38-34(43)46-39-31)32(42)40(33-36-21-37-41(30)33)25-14-16-26(17-15-25)45-22(2)35(44)18-6-19-35/h4-5,8-13,21-22,25-26,44H,3,6-7,14-20H2,1-2H3,(H,38,39,43). The van der Waals surface area contributed by atoms with Gasteiger partial charge in [-0.3, -0.25) is 18.9 Å². The number of H-pyrrole nitrogens is 1. The molecule has 1 atom stereocenters. The summed E-state index contributed by atoms with van der Waals surface area (Å²) in [6, 6.07) is 15.8. The first kappa shape index (κ1) is 30.3. The lowest BCUT2D eigenvalue weighted by atomic mass is 9.76. The quantitative estimate of drug-likeness (QED) is 0.215. The van der Waals surface area contributed by atoms with Crippen molar-refractivity contribution in [2.45, 2.75) is 102 Å². The van der Waals surface area contributed by atoms with Crippen LogP contribution in [0.25, 0.3) is 28.3 Å². The van der Waals surface area contributed by atoms with Crippen LogP contribution < -0.4 is 11.3 Å². The fourth-order valence-electron chi connectivity index (χ4n) is 7.17. The number of aromatic nitrogens is 6. The summed E-state index contributed by atoms with van der Waals surface area (Å²) in [6.07, 6.45) is 9.41. The number of nitrogens with zero attached hydrogens (tertiary/aromatic N) is 5. The van der Waals surface area contributed by atoms with E-state index in [0.717, 1.165) is 84.9 Å². The van der Waals surface area contributed by atoms with E-state index in [2.05, 4.69) is 27.1 Å². The van der Waals surface area contributed by atoms with Crippen LogP contribution in [0.2, 0.25) is 0 Å². The molecule has 2 saturated carbocycles. The molecule has 0 bridgehead atoms. The Morgan fingerprint density at radius 3 is 2.46 bits per heavy atom. The maximum Gasteiger partial charge on any atom is 0.439 e. The molecule has 0 amide bonds. The number of hydrogen-bond acceptors (Lipinski definition) is 8. The van der Waals surface area contributed by atoms with E-state index in [9.17, 15) is 14.7 Å². The van der Waals surface area contributed by atoms with E-state index in [0.29, 0.717) is 24.4 Å². The molecule has 2 aliphatic carbocycles. The normalized spacial score (nSPS) is 20.1. The van der Waals surface area contributed by atoms with Crippen LogP contribution in [0.5, 0.6) is 0 Å². The number of ether oxygens (including phenoxy) is 1. The van der Waals surface area contributed by atoms with Gasteiger partial charge in [0, 0.05) is 23.6 Å². The van der Waals surface area contributed by atoms with Gasteiger partial charge in [0.2, 0.25) is 5.78 Å². The molecule has 2 aliphatic rings. The summed E-state index contributed by atoms with van der Waals surface area (Å²) in [6.45, 7) is 4.09. The Morgan fingerprint density at radius 1 is 1.07 bits per heavy atom. The molecule has 2 fully saturated rings.